The molecule has 0 bridgehead atoms. The summed E-state index contributed by atoms with van der Waals surface area (Å²) in [5.74, 6) is 0.299. The van der Waals surface area contributed by atoms with Crippen molar-refractivity contribution in [3.63, 3.8) is 0 Å². The summed E-state index contributed by atoms with van der Waals surface area (Å²) in [6, 6.07) is 0. The zero-order valence-corrected chi connectivity index (χ0v) is 10.7. The lowest BCUT2D eigenvalue weighted by atomic mass is 9.90. The lowest BCUT2D eigenvalue weighted by molar-refractivity contribution is 0.0511. The third-order valence-electron chi connectivity index (χ3n) is 2.33. The molecule has 0 aliphatic carbocycles. The van der Waals surface area contributed by atoms with Gasteiger partial charge in [0.2, 0.25) is 0 Å². The zero-order chi connectivity index (χ0) is 12.3. The summed E-state index contributed by atoms with van der Waals surface area (Å²) in [7, 11) is 0. The van der Waals surface area contributed by atoms with E-state index < -0.39 is 17.2 Å². The molecule has 4 nitrogen and oxygen atoms in total. The van der Waals surface area contributed by atoms with Crippen molar-refractivity contribution in [1.82, 2.24) is 5.32 Å². The summed E-state index contributed by atoms with van der Waals surface area (Å²) in [5, 5.41) is 2.67. The van der Waals surface area contributed by atoms with Gasteiger partial charge in [0.05, 0.1) is 0 Å². The summed E-state index contributed by atoms with van der Waals surface area (Å²) in [6.45, 7) is 11.9. The van der Waals surface area contributed by atoms with Crippen LogP contribution in [0.15, 0.2) is 0 Å². The predicted octanol–water partition coefficient (Wildman–Crippen LogP) is 1.88. The van der Waals surface area contributed by atoms with Crippen molar-refractivity contribution in [3.8, 4) is 0 Å². The minimum absolute atomic E-state index is 0.299. The van der Waals surface area contributed by atoms with Crippen LogP contribution >= 0.6 is 0 Å². The van der Waals surface area contributed by atoms with E-state index in [-0.39, 0.29) is 0 Å². The van der Waals surface area contributed by atoms with Gasteiger partial charge in [0, 0.05) is 12.1 Å². The second kappa shape index (κ2) is 4.84. The average molecular weight is 216 g/mol. The molecule has 0 saturated heterocycles. The van der Waals surface area contributed by atoms with Crippen LogP contribution < -0.4 is 11.1 Å². The Morgan fingerprint density at radius 2 is 1.80 bits per heavy atom. The number of nitrogens with one attached hydrogen (secondary N) is 1. The SMILES string of the molecule is CC(C)[C@](C)(N)CNC(=O)OC(C)(C)C. The van der Waals surface area contributed by atoms with Gasteiger partial charge in [0.25, 0.3) is 0 Å². The molecule has 0 aromatic rings. The van der Waals surface area contributed by atoms with Crippen molar-refractivity contribution in [2.75, 3.05) is 6.54 Å². The van der Waals surface area contributed by atoms with E-state index in [0.29, 0.717) is 12.5 Å². The van der Waals surface area contributed by atoms with Crippen LogP contribution in [0, 0.1) is 5.92 Å². The highest BCUT2D eigenvalue weighted by atomic mass is 16.6. The molecule has 1 amide bonds. The molecule has 0 rings (SSSR count). The maximum absolute atomic E-state index is 11.3. The monoisotopic (exact) mass is 216 g/mol. The van der Waals surface area contributed by atoms with E-state index in [4.69, 9.17) is 10.5 Å². The number of carbonyl (C=O) groups excluding carboxylic acids is 1. The summed E-state index contributed by atoms with van der Waals surface area (Å²) in [6.07, 6.45) is -0.417. The summed E-state index contributed by atoms with van der Waals surface area (Å²) in [5.41, 5.74) is 5.13. The number of alkyl carbamates (subject to hydrolysis) is 1. The van der Waals surface area contributed by atoms with Crippen molar-refractivity contribution in [2.45, 2.75) is 52.7 Å². The largest absolute Gasteiger partial charge is 0.444 e. The van der Waals surface area contributed by atoms with Crippen LogP contribution in [0.4, 0.5) is 4.79 Å². The zero-order valence-electron chi connectivity index (χ0n) is 10.7. The van der Waals surface area contributed by atoms with Gasteiger partial charge in [-0.05, 0) is 33.6 Å². The highest BCUT2D eigenvalue weighted by Crippen LogP contribution is 2.12. The summed E-state index contributed by atoms with van der Waals surface area (Å²) < 4.78 is 5.11. The van der Waals surface area contributed by atoms with E-state index in [1.165, 1.54) is 0 Å². The van der Waals surface area contributed by atoms with Crippen LogP contribution in [-0.2, 0) is 4.74 Å². The van der Waals surface area contributed by atoms with Crippen molar-refractivity contribution >= 4 is 6.09 Å². The molecule has 15 heavy (non-hydrogen) atoms. The van der Waals surface area contributed by atoms with Crippen molar-refractivity contribution < 1.29 is 9.53 Å². The quantitative estimate of drug-likeness (QED) is 0.757. The number of nitrogens with two attached hydrogens (primary N) is 1. The second-order valence-electron chi connectivity index (χ2n) is 5.52. The van der Waals surface area contributed by atoms with Crippen molar-refractivity contribution in [2.24, 2.45) is 11.7 Å². The third kappa shape index (κ3) is 6.33. The Morgan fingerprint density at radius 3 is 2.13 bits per heavy atom. The molecule has 1 atom stereocenters. The molecule has 0 fully saturated rings. The molecule has 0 radical (unpaired) electrons. The molecule has 3 N–H and O–H groups in total. The maximum Gasteiger partial charge on any atom is 0.407 e. The molecule has 0 aromatic heterocycles. The van der Waals surface area contributed by atoms with Gasteiger partial charge < -0.3 is 15.8 Å². The molecule has 0 spiro atoms. The molecule has 0 unspecified atom stereocenters. The first-order chi connectivity index (χ1) is 6.54. The molecule has 0 heterocycles. The van der Waals surface area contributed by atoms with Gasteiger partial charge in [0.15, 0.2) is 0 Å². The Labute approximate surface area is 92.6 Å². The van der Waals surface area contributed by atoms with Gasteiger partial charge >= 0.3 is 6.09 Å². The fraction of sp³-hybridized carbons (Fsp3) is 0.909. The summed E-state index contributed by atoms with van der Waals surface area (Å²) in [4.78, 5) is 11.3. The minimum atomic E-state index is -0.465. The first-order valence-corrected chi connectivity index (χ1v) is 5.30. The molecule has 0 aliphatic rings. The molecular weight excluding hydrogens is 192 g/mol. The fourth-order valence-electron chi connectivity index (χ4n) is 0.781. The highest BCUT2D eigenvalue weighted by Gasteiger charge is 2.24. The Bertz CT molecular complexity index is 217. The van der Waals surface area contributed by atoms with Gasteiger partial charge in [0.1, 0.15) is 5.60 Å². The third-order valence-corrected chi connectivity index (χ3v) is 2.33. The van der Waals surface area contributed by atoms with E-state index >= 15 is 0 Å². The normalized spacial score (nSPS) is 16.0. The lowest BCUT2D eigenvalue weighted by Crippen LogP contribution is -2.52. The van der Waals surface area contributed by atoms with Crippen LogP contribution in [0.2, 0.25) is 0 Å². The van der Waals surface area contributed by atoms with Crippen LogP contribution in [0.25, 0.3) is 0 Å². The molecule has 90 valence electrons. The Balaban J connectivity index is 4.02. The van der Waals surface area contributed by atoms with E-state index in [9.17, 15) is 4.79 Å². The number of ether oxygens (including phenoxy) is 1. The van der Waals surface area contributed by atoms with Crippen LogP contribution in [-0.4, -0.2) is 23.8 Å². The molecule has 0 aliphatic heterocycles. The molecule has 0 aromatic carbocycles. The number of carbonyl (C=O) groups is 1. The first kappa shape index (κ1) is 14.2. The number of rotatable bonds is 3. The van der Waals surface area contributed by atoms with Crippen LogP contribution in [0.1, 0.15) is 41.5 Å². The molecule has 0 saturated carbocycles. The summed E-state index contributed by atoms with van der Waals surface area (Å²) >= 11 is 0. The Hall–Kier alpha value is -0.770. The average Bonchev–Trinajstić information content (AvgIpc) is 1.97. The van der Waals surface area contributed by atoms with Gasteiger partial charge in [-0.25, -0.2) is 4.79 Å². The van der Waals surface area contributed by atoms with Crippen LogP contribution in [0.3, 0.4) is 0 Å². The van der Waals surface area contributed by atoms with Gasteiger partial charge in [-0.1, -0.05) is 13.8 Å². The first-order valence-electron chi connectivity index (χ1n) is 5.30. The number of hydrogen-bond acceptors (Lipinski definition) is 3. The molecular formula is C11H24N2O2. The van der Waals surface area contributed by atoms with Crippen LogP contribution in [0.5, 0.6) is 0 Å². The van der Waals surface area contributed by atoms with Gasteiger partial charge in [-0.15, -0.1) is 0 Å². The van der Waals surface area contributed by atoms with E-state index in [1.54, 1.807) is 0 Å². The van der Waals surface area contributed by atoms with Crippen molar-refractivity contribution in [3.05, 3.63) is 0 Å². The number of amides is 1. The van der Waals surface area contributed by atoms with Crippen molar-refractivity contribution in [1.29, 1.82) is 0 Å². The Morgan fingerprint density at radius 1 is 1.33 bits per heavy atom. The minimum Gasteiger partial charge on any atom is -0.444 e. The van der Waals surface area contributed by atoms with E-state index in [1.807, 2.05) is 41.5 Å². The van der Waals surface area contributed by atoms with E-state index in [0.717, 1.165) is 0 Å². The lowest BCUT2D eigenvalue weighted by Gasteiger charge is -2.30. The van der Waals surface area contributed by atoms with E-state index in [2.05, 4.69) is 5.32 Å². The smallest absolute Gasteiger partial charge is 0.407 e. The topological polar surface area (TPSA) is 64.3 Å². The Kier molecular flexibility index (Phi) is 4.59. The van der Waals surface area contributed by atoms with Gasteiger partial charge in [-0.2, -0.15) is 0 Å². The van der Waals surface area contributed by atoms with Gasteiger partial charge in [-0.3, -0.25) is 0 Å². The standard InChI is InChI=1S/C11H24N2O2/c1-8(2)11(6,12)7-13-9(14)15-10(3,4)5/h8H,7,12H2,1-6H3,(H,13,14)/t11-/m1/s1. The highest BCUT2D eigenvalue weighted by molar-refractivity contribution is 5.67. The fourth-order valence-corrected chi connectivity index (χ4v) is 0.781. The predicted molar refractivity (Wildman–Crippen MR) is 61.7 cm³/mol. The second-order valence-corrected chi connectivity index (χ2v) is 5.52. The molecule has 4 heteroatoms. The number of hydrogen-bond donors (Lipinski definition) is 2. The maximum atomic E-state index is 11.3.